The lowest BCUT2D eigenvalue weighted by Gasteiger charge is -2.09. The van der Waals surface area contributed by atoms with Crippen LogP contribution in [0.15, 0.2) is 0 Å². The minimum atomic E-state index is -0.468. The van der Waals surface area contributed by atoms with Crippen molar-refractivity contribution in [2.45, 2.75) is 51.0 Å². The molecule has 0 heterocycles. The average molecular weight is 224 g/mol. The molecule has 2 aliphatic rings. The molecular formula is C12H20N2O2. The lowest BCUT2D eigenvalue weighted by Crippen LogP contribution is -2.41. The Morgan fingerprint density at radius 1 is 1.00 bits per heavy atom. The van der Waals surface area contributed by atoms with Crippen molar-refractivity contribution in [3.05, 3.63) is 0 Å². The van der Waals surface area contributed by atoms with E-state index in [9.17, 15) is 9.59 Å². The van der Waals surface area contributed by atoms with Gasteiger partial charge in [-0.05, 0) is 25.2 Å². The van der Waals surface area contributed by atoms with Crippen molar-refractivity contribution in [1.29, 1.82) is 0 Å². The van der Waals surface area contributed by atoms with E-state index >= 15 is 0 Å². The Bertz CT molecular complexity index is 268. The van der Waals surface area contributed by atoms with E-state index in [2.05, 4.69) is 10.6 Å². The first-order chi connectivity index (χ1) is 7.75. The molecule has 2 aliphatic carbocycles. The van der Waals surface area contributed by atoms with E-state index in [0.29, 0.717) is 6.54 Å². The van der Waals surface area contributed by atoms with Crippen LogP contribution in [-0.2, 0) is 9.59 Å². The number of hydrogen-bond donors (Lipinski definition) is 2. The van der Waals surface area contributed by atoms with E-state index in [4.69, 9.17) is 0 Å². The highest BCUT2D eigenvalue weighted by Crippen LogP contribution is 2.26. The normalized spacial score (nSPS) is 20.8. The van der Waals surface area contributed by atoms with Gasteiger partial charge < -0.3 is 10.6 Å². The second kappa shape index (κ2) is 5.32. The molecule has 4 heteroatoms. The number of hydrogen-bond acceptors (Lipinski definition) is 2. The van der Waals surface area contributed by atoms with Crippen LogP contribution in [0.2, 0.25) is 0 Å². The number of amides is 2. The summed E-state index contributed by atoms with van der Waals surface area (Å²) >= 11 is 0. The summed E-state index contributed by atoms with van der Waals surface area (Å²) in [7, 11) is 0. The first kappa shape index (κ1) is 11.4. The van der Waals surface area contributed by atoms with E-state index in [1.807, 2.05) is 0 Å². The smallest absolute Gasteiger partial charge is 0.309 e. The highest BCUT2D eigenvalue weighted by molar-refractivity contribution is 6.35. The molecule has 0 aromatic carbocycles. The molecule has 0 radical (unpaired) electrons. The van der Waals surface area contributed by atoms with Crippen molar-refractivity contribution in [2.75, 3.05) is 6.54 Å². The number of carbonyl (C=O) groups excluding carboxylic acids is 2. The fourth-order valence-electron chi connectivity index (χ4n) is 2.25. The van der Waals surface area contributed by atoms with Crippen molar-refractivity contribution in [2.24, 2.45) is 5.92 Å². The van der Waals surface area contributed by atoms with Gasteiger partial charge in [0.05, 0.1) is 0 Å². The van der Waals surface area contributed by atoms with Crippen molar-refractivity contribution in [3.63, 3.8) is 0 Å². The second-order valence-electron chi connectivity index (χ2n) is 4.94. The fraction of sp³-hybridized carbons (Fsp3) is 0.833. The third-order valence-corrected chi connectivity index (χ3v) is 3.43. The maximum Gasteiger partial charge on any atom is 0.309 e. The van der Waals surface area contributed by atoms with Gasteiger partial charge in [0.25, 0.3) is 0 Å². The van der Waals surface area contributed by atoms with Crippen molar-refractivity contribution in [3.8, 4) is 0 Å². The molecule has 0 atom stereocenters. The molecule has 0 aromatic rings. The Hall–Kier alpha value is -1.06. The summed E-state index contributed by atoms with van der Waals surface area (Å²) in [6.45, 7) is 0.640. The molecular weight excluding hydrogens is 204 g/mol. The summed E-state index contributed by atoms with van der Waals surface area (Å²) in [5, 5.41) is 5.37. The lowest BCUT2D eigenvalue weighted by molar-refractivity contribution is -0.139. The van der Waals surface area contributed by atoms with Gasteiger partial charge in [-0.2, -0.15) is 0 Å². The molecule has 2 rings (SSSR count). The summed E-state index contributed by atoms with van der Waals surface area (Å²) in [6.07, 6.45) is 8.25. The molecule has 2 amide bonds. The summed E-state index contributed by atoms with van der Waals surface area (Å²) in [6, 6.07) is 0.257. The zero-order chi connectivity index (χ0) is 11.4. The van der Waals surface area contributed by atoms with Crippen LogP contribution in [0.25, 0.3) is 0 Å². The minimum absolute atomic E-state index is 0.257. The maximum atomic E-state index is 11.4. The topological polar surface area (TPSA) is 58.2 Å². The van der Waals surface area contributed by atoms with Gasteiger partial charge in [-0.1, -0.05) is 25.7 Å². The van der Waals surface area contributed by atoms with Crippen LogP contribution in [0.3, 0.4) is 0 Å². The van der Waals surface area contributed by atoms with Crippen LogP contribution < -0.4 is 10.6 Å². The Labute approximate surface area is 96.2 Å². The van der Waals surface area contributed by atoms with Gasteiger partial charge >= 0.3 is 11.8 Å². The molecule has 2 saturated carbocycles. The van der Waals surface area contributed by atoms with Crippen molar-refractivity contribution >= 4 is 11.8 Å². The first-order valence-corrected chi connectivity index (χ1v) is 6.34. The molecule has 0 spiro atoms. The number of rotatable bonds is 4. The number of nitrogens with one attached hydrogen (secondary N) is 2. The van der Waals surface area contributed by atoms with Crippen LogP contribution in [0.4, 0.5) is 0 Å². The zero-order valence-electron chi connectivity index (χ0n) is 9.63. The van der Waals surface area contributed by atoms with Gasteiger partial charge in [0, 0.05) is 12.6 Å². The fourth-order valence-corrected chi connectivity index (χ4v) is 2.25. The van der Waals surface area contributed by atoms with Crippen molar-refractivity contribution < 1.29 is 9.59 Å². The maximum absolute atomic E-state index is 11.4. The SMILES string of the molecule is O=C(NCCC1CCCC1)C(=O)NC1CC1. The standard InChI is InChI=1S/C12H20N2O2/c15-11(12(16)14-10-5-6-10)13-8-7-9-3-1-2-4-9/h9-10H,1-8H2,(H,13,15)(H,14,16). The molecule has 0 aliphatic heterocycles. The van der Waals surface area contributed by atoms with Gasteiger partial charge in [0.1, 0.15) is 0 Å². The summed E-state index contributed by atoms with van der Waals surface area (Å²) in [5.74, 6) is -0.175. The lowest BCUT2D eigenvalue weighted by atomic mass is 10.0. The molecule has 0 aromatic heterocycles. The van der Waals surface area contributed by atoms with Crippen molar-refractivity contribution in [1.82, 2.24) is 10.6 Å². The van der Waals surface area contributed by atoms with Gasteiger partial charge in [0.15, 0.2) is 0 Å². The highest BCUT2D eigenvalue weighted by Gasteiger charge is 2.26. The third-order valence-electron chi connectivity index (χ3n) is 3.43. The largest absolute Gasteiger partial charge is 0.348 e. The van der Waals surface area contributed by atoms with Gasteiger partial charge in [0.2, 0.25) is 0 Å². The van der Waals surface area contributed by atoms with Crippen LogP contribution in [-0.4, -0.2) is 24.4 Å². The Balaban J connectivity index is 1.57. The van der Waals surface area contributed by atoms with Crippen LogP contribution in [0.5, 0.6) is 0 Å². The van der Waals surface area contributed by atoms with E-state index in [1.165, 1.54) is 25.7 Å². The first-order valence-electron chi connectivity index (χ1n) is 6.34. The molecule has 4 nitrogen and oxygen atoms in total. The van der Waals surface area contributed by atoms with E-state index in [1.54, 1.807) is 0 Å². The molecule has 90 valence electrons. The molecule has 2 N–H and O–H groups in total. The number of carbonyl (C=O) groups is 2. The zero-order valence-corrected chi connectivity index (χ0v) is 9.63. The molecule has 0 bridgehead atoms. The van der Waals surface area contributed by atoms with Gasteiger partial charge in [-0.25, -0.2) is 0 Å². The highest BCUT2D eigenvalue weighted by atomic mass is 16.2. The van der Waals surface area contributed by atoms with Gasteiger partial charge in [-0.15, -0.1) is 0 Å². The Morgan fingerprint density at radius 2 is 1.69 bits per heavy atom. The second-order valence-corrected chi connectivity index (χ2v) is 4.94. The minimum Gasteiger partial charge on any atom is -0.348 e. The molecule has 2 fully saturated rings. The Kier molecular flexibility index (Phi) is 3.80. The molecule has 16 heavy (non-hydrogen) atoms. The van der Waals surface area contributed by atoms with E-state index in [0.717, 1.165) is 25.2 Å². The summed E-state index contributed by atoms with van der Waals surface area (Å²) in [4.78, 5) is 22.7. The predicted molar refractivity (Wildman–Crippen MR) is 60.7 cm³/mol. The molecule has 0 saturated heterocycles. The van der Waals surface area contributed by atoms with Gasteiger partial charge in [-0.3, -0.25) is 9.59 Å². The van der Waals surface area contributed by atoms with E-state index < -0.39 is 11.8 Å². The summed E-state index contributed by atoms with van der Waals surface area (Å²) < 4.78 is 0. The van der Waals surface area contributed by atoms with Crippen LogP contribution in [0.1, 0.15) is 44.9 Å². The quantitative estimate of drug-likeness (QED) is 0.699. The third kappa shape index (κ3) is 3.51. The monoisotopic (exact) mass is 224 g/mol. The Morgan fingerprint density at radius 3 is 2.31 bits per heavy atom. The predicted octanol–water partition coefficient (Wildman–Crippen LogP) is 0.961. The van der Waals surface area contributed by atoms with E-state index in [-0.39, 0.29) is 6.04 Å². The average Bonchev–Trinajstić information content (AvgIpc) is 2.93. The molecule has 0 unspecified atom stereocenters. The van der Waals surface area contributed by atoms with Crippen LogP contribution in [0, 0.1) is 5.92 Å². The summed E-state index contributed by atoms with van der Waals surface area (Å²) in [5.41, 5.74) is 0. The van der Waals surface area contributed by atoms with Crippen LogP contribution >= 0.6 is 0 Å².